The first-order valence-corrected chi connectivity index (χ1v) is 7.53. The van der Waals surface area contributed by atoms with Crippen molar-refractivity contribution in [2.75, 3.05) is 11.9 Å². The molecule has 2 aromatic rings. The van der Waals surface area contributed by atoms with Crippen LogP contribution < -0.4 is 10.1 Å². The van der Waals surface area contributed by atoms with Gasteiger partial charge >= 0.3 is 0 Å². The minimum atomic E-state index is -0.397. The summed E-state index contributed by atoms with van der Waals surface area (Å²) in [4.78, 5) is 12.0. The van der Waals surface area contributed by atoms with Gasteiger partial charge in [-0.15, -0.1) is 11.3 Å². The third-order valence-electron chi connectivity index (χ3n) is 2.32. The second-order valence-corrected chi connectivity index (χ2v) is 6.47. The van der Waals surface area contributed by atoms with E-state index in [9.17, 15) is 9.18 Å². The van der Waals surface area contributed by atoms with Crippen molar-refractivity contribution in [3.63, 3.8) is 0 Å². The zero-order valence-corrected chi connectivity index (χ0v) is 13.0. The van der Waals surface area contributed by atoms with Crippen molar-refractivity contribution in [2.24, 2.45) is 0 Å². The quantitative estimate of drug-likeness (QED) is 0.796. The zero-order chi connectivity index (χ0) is 13.8. The van der Waals surface area contributed by atoms with Gasteiger partial charge in [-0.2, -0.15) is 0 Å². The first-order chi connectivity index (χ1) is 9.10. The van der Waals surface area contributed by atoms with Crippen LogP contribution in [-0.2, 0) is 0 Å². The number of benzene rings is 1. The average Bonchev–Trinajstić information content (AvgIpc) is 2.80. The molecule has 0 saturated carbocycles. The first kappa shape index (κ1) is 14.3. The number of thiophene rings is 1. The second-order valence-electron chi connectivity index (χ2n) is 3.67. The molecule has 0 radical (unpaired) electrons. The molecule has 0 spiro atoms. The predicted molar refractivity (Wildman–Crippen MR) is 82.6 cm³/mol. The Kier molecular flexibility index (Phi) is 4.76. The lowest BCUT2D eigenvalue weighted by molar-refractivity contribution is 0.102. The number of halogens is 2. The van der Waals surface area contributed by atoms with Crippen molar-refractivity contribution in [3.8, 4) is 5.75 Å². The van der Waals surface area contributed by atoms with Crippen molar-refractivity contribution >= 4 is 45.5 Å². The predicted octanol–water partition coefficient (Wildman–Crippen LogP) is 4.14. The molecule has 3 nitrogen and oxygen atoms in total. The molecule has 0 bridgehead atoms. The fraction of sp³-hybridized carbons (Fsp3) is 0.154. The zero-order valence-electron chi connectivity index (χ0n) is 10.1. The highest BCUT2D eigenvalue weighted by Crippen LogP contribution is 2.26. The summed E-state index contributed by atoms with van der Waals surface area (Å²) in [5.41, 5.74) is 1.05. The Morgan fingerprint density at radius 1 is 1.47 bits per heavy atom. The summed E-state index contributed by atoms with van der Waals surface area (Å²) < 4.78 is 19.5. The summed E-state index contributed by atoms with van der Waals surface area (Å²) in [6.07, 6.45) is 0. The molecule has 1 aromatic carbocycles. The van der Waals surface area contributed by atoms with Crippen molar-refractivity contribution in [2.45, 2.75) is 6.92 Å². The molecule has 0 aliphatic carbocycles. The minimum Gasteiger partial charge on any atom is -0.492 e. The molecule has 0 aliphatic heterocycles. The SMILES string of the molecule is CCOc1cc(F)ccc1NC(=O)c1csc(I)c1. The number of hydrogen-bond acceptors (Lipinski definition) is 3. The van der Waals surface area contributed by atoms with E-state index >= 15 is 0 Å². The second kappa shape index (κ2) is 6.33. The van der Waals surface area contributed by atoms with Crippen LogP contribution in [0.4, 0.5) is 10.1 Å². The van der Waals surface area contributed by atoms with Gasteiger partial charge in [0.05, 0.1) is 20.7 Å². The van der Waals surface area contributed by atoms with Gasteiger partial charge in [0.2, 0.25) is 0 Å². The van der Waals surface area contributed by atoms with Crippen LogP contribution in [0.2, 0.25) is 0 Å². The molecular weight excluding hydrogens is 380 g/mol. The Morgan fingerprint density at radius 2 is 2.26 bits per heavy atom. The third kappa shape index (κ3) is 3.66. The van der Waals surface area contributed by atoms with Gasteiger partial charge in [0.1, 0.15) is 11.6 Å². The number of anilines is 1. The van der Waals surface area contributed by atoms with Crippen LogP contribution in [0.25, 0.3) is 0 Å². The van der Waals surface area contributed by atoms with Gasteiger partial charge in [-0.25, -0.2) is 4.39 Å². The van der Waals surface area contributed by atoms with Crippen LogP contribution in [0.3, 0.4) is 0 Å². The van der Waals surface area contributed by atoms with Gasteiger partial charge in [0.15, 0.2) is 0 Å². The van der Waals surface area contributed by atoms with E-state index in [-0.39, 0.29) is 5.91 Å². The summed E-state index contributed by atoms with van der Waals surface area (Å²) in [6.45, 7) is 2.21. The van der Waals surface area contributed by atoms with E-state index in [1.165, 1.54) is 29.5 Å². The summed E-state index contributed by atoms with van der Waals surface area (Å²) in [6, 6.07) is 5.84. The highest BCUT2D eigenvalue weighted by molar-refractivity contribution is 14.1. The van der Waals surface area contributed by atoms with E-state index in [0.29, 0.717) is 23.6 Å². The fourth-order valence-electron chi connectivity index (χ4n) is 1.50. The standard InChI is InChI=1S/C13H11FINO2S/c1-2-18-11-6-9(14)3-4-10(11)16-13(17)8-5-12(15)19-7-8/h3-7H,2H2,1H3,(H,16,17). The van der Waals surface area contributed by atoms with Crippen LogP contribution >= 0.6 is 33.9 Å². The maximum atomic E-state index is 13.1. The van der Waals surface area contributed by atoms with E-state index < -0.39 is 5.82 Å². The summed E-state index contributed by atoms with van der Waals surface area (Å²) in [5, 5.41) is 4.50. The Balaban J connectivity index is 2.20. The van der Waals surface area contributed by atoms with Gasteiger partial charge < -0.3 is 10.1 Å². The monoisotopic (exact) mass is 391 g/mol. The lowest BCUT2D eigenvalue weighted by atomic mass is 10.2. The average molecular weight is 391 g/mol. The molecule has 1 amide bonds. The van der Waals surface area contributed by atoms with Crippen LogP contribution in [0.15, 0.2) is 29.6 Å². The Labute approximate surface area is 127 Å². The number of hydrogen-bond donors (Lipinski definition) is 1. The summed E-state index contributed by atoms with van der Waals surface area (Å²) in [7, 11) is 0. The Bertz CT molecular complexity index is 600. The molecule has 0 fully saturated rings. The lowest BCUT2D eigenvalue weighted by Gasteiger charge is -2.11. The molecule has 1 aromatic heterocycles. The van der Waals surface area contributed by atoms with E-state index in [0.717, 1.165) is 2.88 Å². The molecule has 100 valence electrons. The number of amides is 1. The van der Waals surface area contributed by atoms with E-state index in [2.05, 4.69) is 27.9 Å². The maximum Gasteiger partial charge on any atom is 0.256 e. The first-order valence-electron chi connectivity index (χ1n) is 5.58. The fourth-order valence-corrected chi connectivity index (χ4v) is 2.82. The van der Waals surface area contributed by atoms with Crippen molar-refractivity contribution in [1.82, 2.24) is 0 Å². The Morgan fingerprint density at radius 3 is 2.89 bits per heavy atom. The summed E-state index contributed by atoms with van der Waals surface area (Å²) in [5.74, 6) is -0.293. The molecule has 19 heavy (non-hydrogen) atoms. The summed E-state index contributed by atoms with van der Waals surface area (Å²) >= 11 is 3.65. The van der Waals surface area contributed by atoms with E-state index in [1.807, 2.05) is 0 Å². The topological polar surface area (TPSA) is 38.3 Å². The molecule has 0 saturated heterocycles. The van der Waals surface area contributed by atoms with Crippen molar-refractivity contribution in [1.29, 1.82) is 0 Å². The van der Waals surface area contributed by atoms with E-state index in [4.69, 9.17) is 4.74 Å². The molecule has 1 heterocycles. The van der Waals surface area contributed by atoms with Gasteiger partial charge in [0, 0.05) is 11.4 Å². The van der Waals surface area contributed by atoms with Gasteiger partial charge in [-0.1, -0.05) is 0 Å². The van der Waals surface area contributed by atoms with Crippen molar-refractivity contribution < 1.29 is 13.9 Å². The highest BCUT2D eigenvalue weighted by Gasteiger charge is 2.12. The Hall–Kier alpha value is -1.15. The van der Waals surface area contributed by atoms with Crippen LogP contribution in [0.5, 0.6) is 5.75 Å². The molecule has 0 atom stereocenters. The molecular formula is C13H11FINO2S. The molecule has 0 aliphatic rings. The van der Waals surface area contributed by atoms with Gasteiger partial charge in [-0.3, -0.25) is 4.79 Å². The molecule has 1 N–H and O–H groups in total. The highest BCUT2D eigenvalue weighted by atomic mass is 127. The molecule has 6 heteroatoms. The van der Waals surface area contributed by atoms with Gasteiger partial charge in [-0.05, 0) is 47.7 Å². The molecule has 0 unspecified atom stereocenters. The van der Waals surface area contributed by atoms with Gasteiger partial charge in [0.25, 0.3) is 5.91 Å². The van der Waals surface area contributed by atoms with Crippen LogP contribution in [0, 0.1) is 8.70 Å². The smallest absolute Gasteiger partial charge is 0.256 e. The number of rotatable bonds is 4. The third-order valence-corrected chi connectivity index (χ3v) is 4.11. The van der Waals surface area contributed by atoms with E-state index in [1.54, 1.807) is 18.4 Å². The van der Waals surface area contributed by atoms with Crippen molar-refractivity contribution in [3.05, 3.63) is 43.9 Å². The van der Waals surface area contributed by atoms with Crippen LogP contribution in [-0.4, -0.2) is 12.5 Å². The number of carbonyl (C=O) groups excluding carboxylic acids is 1. The molecule has 2 rings (SSSR count). The minimum absolute atomic E-state index is 0.230. The number of carbonyl (C=O) groups is 1. The number of ether oxygens (including phenoxy) is 1. The van der Waals surface area contributed by atoms with Crippen LogP contribution in [0.1, 0.15) is 17.3 Å². The largest absolute Gasteiger partial charge is 0.492 e. The maximum absolute atomic E-state index is 13.1. The lowest BCUT2D eigenvalue weighted by Crippen LogP contribution is -2.12. The number of nitrogens with one attached hydrogen (secondary N) is 1. The normalized spacial score (nSPS) is 10.3.